The van der Waals surface area contributed by atoms with Crippen LogP contribution in [0.15, 0.2) is 23.1 Å². The average Bonchev–Trinajstić information content (AvgIpc) is 3.44. The van der Waals surface area contributed by atoms with Crippen LogP contribution in [0, 0.1) is 5.92 Å². The van der Waals surface area contributed by atoms with E-state index < -0.39 is 21.9 Å². The number of hydrogen-bond acceptors (Lipinski definition) is 5. The molecule has 1 aliphatic carbocycles. The maximum Gasteiger partial charge on any atom is 0.263 e. The van der Waals surface area contributed by atoms with Crippen molar-refractivity contribution in [1.82, 2.24) is 4.31 Å². The number of ether oxygens (including phenoxy) is 1. The molecule has 0 bridgehead atoms. The first kappa shape index (κ1) is 22.6. The third kappa shape index (κ3) is 3.95. The van der Waals surface area contributed by atoms with E-state index in [0.717, 1.165) is 30.5 Å². The van der Waals surface area contributed by atoms with E-state index in [4.69, 9.17) is 4.74 Å². The maximum atomic E-state index is 13.6. The van der Waals surface area contributed by atoms with Gasteiger partial charge < -0.3 is 9.64 Å². The molecule has 2 N–H and O–H groups in total. The zero-order valence-electron chi connectivity index (χ0n) is 18.6. The van der Waals surface area contributed by atoms with Crippen molar-refractivity contribution < 1.29 is 18.6 Å². The molecule has 0 spiro atoms. The summed E-state index contributed by atoms with van der Waals surface area (Å²) in [4.78, 5) is 15.8. The van der Waals surface area contributed by atoms with E-state index in [-0.39, 0.29) is 5.91 Å². The van der Waals surface area contributed by atoms with E-state index in [9.17, 15) is 13.9 Å². The first-order valence-electron chi connectivity index (χ1n) is 10.6. The topological polar surface area (TPSA) is 73.2 Å². The Balaban J connectivity index is 2.11. The molecule has 2 aliphatic rings. The van der Waals surface area contributed by atoms with Gasteiger partial charge in [0.2, 0.25) is 0 Å². The van der Waals surface area contributed by atoms with Gasteiger partial charge in [-0.05, 0) is 71.1 Å². The van der Waals surface area contributed by atoms with Gasteiger partial charge in [-0.2, -0.15) is 4.31 Å². The molecule has 1 aliphatic heterocycles. The normalized spacial score (nSPS) is 23.1. The number of benzene rings is 1. The fourth-order valence-corrected chi connectivity index (χ4v) is 5.63. The standard InChI is InChI=1S/C22H36N2O4S/c1-7-13-22(28-8-2)18-14-17(29(26,27)23(6)21(3,4)5)11-12-19(18)24(20(22)25)15-16-9-10-16/h11-12,14,16,26-27H,7-10,13,15H2,1-6H3. The van der Waals surface area contributed by atoms with Gasteiger partial charge in [0.05, 0.1) is 10.6 Å². The Morgan fingerprint density at radius 3 is 2.45 bits per heavy atom. The van der Waals surface area contributed by atoms with Gasteiger partial charge in [0.25, 0.3) is 5.91 Å². The number of carbonyl (C=O) groups excluding carboxylic acids is 1. The smallest absolute Gasteiger partial charge is 0.263 e. The molecule has 164 valence electrons. The van der Waals surface area contributed by atoms with Gasteiger partial charge in [0.1, 0.15) is 0 Å². The molecule has 1 atom stereocenters. The summed E-state index contributed by atoms with van der Waals surface area (Å²) in [6, 6.07) is 5.41. The highest BCUT2D eigenvalue weighted by Crippen LogP contribution is 2.56. The molecule has 0 radical (unpaired) electrons. The molecule has 3 rings (SSSR count). The number of rotatable bonds is 8. The quantitative estimate of drug-likeness (QED) is 0.598. The Kier molecular flexibility index (Phi) is 6.11. The number of carbonyl (C=O) groups is 1. The summed E-state index contributed by atoms with van der Waals surface area (Å²) in [6.07, 6.45) is 3.68. The van der Waals surface area contributed by atoms with Gasteiger partial charge >= 0.3 is 0 Å². The molecule has 7 heteroatoms. The van der Waals surface area contributed by atoms with E-state index in [1.54, 1.807) is 23.5 Å². The molecule has 29 heavy (non-hydrogen) atoms. The summed E-state index contributed by atoms with van der Waals surface area (Å²) in [5.74, 6) is 0.541. The molecule has 1 amide bonds. The minimum Gasteiger partial charge on any atom is -0.361 e. The van der Waals surface area contributed by atoms with Gasteiger partial charge in [-0.1, -0.05) is 13.3 Å². The molecule has 0 aromatic heterocycles. The molecular formula is C22H36N2O4S. The van der Waals surface area contributed by atoms with Crippen molar-refractivity contribution in [2.24, 2.45) is 5.92 Å². The Morgan fingerprint density at radius 1 is 1.28 bits per heavy atom. The van der Waals surface area contributed by atoms with E-state index in [2.05, 4.69) is 0 Å². The number of fused-ring (bicyclic) bond motifs is 1. The fraction of sp³-hybridized carbons (Fsp3) is 0.682. The van der Waals surface area contributed by atoms with Crippen molar-refractivity contribution in [2.45, 2.75) is 76.3 Å². The van der Waals surface area contributed by atoms with Crippen molar-refractivity contribution in [1.29, 1.82) is 0 Å². The summed E-state index contributed by atoms with van der Waals surface area (Å²) in [6.45, 7) is 10.9. The Hall–Kier alpha value is -1.12. The van der Waals surface area contributed by atoms with Crippen LogP contribution in [-0.2, 0) is 15.1 Å². The minimum atomic E-state index is -3.20. The predicted molar refractivity (Wildman–Crippen MR) is 118 cm³/mol. The van der Waals surface area contributed by atoms with Crippen LogP contribution in [-0.4, -0.2) is 45.1 Å². The van der Waals surface area contributed by atoms with Crippen LogP contribution in [0.4, 0.5) is 5.69 Å². The largest absolute Gasteiger partial charge is 0.361 e. The molecule has 1 aromatic carbocycles. The Morgan fingerprint density at radius 2 is 1.93 bits per heavy atom. The minimum absolute atomic E-state index is 0.0131. The molecule has 1 aromatic rings. The highest BCUT2D eigenvalue weighted by molar-refractivity contribution is 8.22. The van der Waals surface area contributed by atoms with Crippen LogP contribution < -0.4 is 4.90 Å². The molecule has 1 unspecified atom stereocenters. The lowest BCUT2D eigenvalue weighted by Gasteiger charge is -2.47. The van der Waals surface area contributed by atoms with Crippen molar-refractivity contribution in [3.8, 4) is 0 Å². The summed E-state index contributed by atoms with van der Waals surface area (Å²) in [5.41, 5.74) is 0.152. The number of amides is 1. The van der Waals surface area contributed by atoms with E-state index >= 15 is 0 Å². The van der Waals surface area contributed by atoms with E-state index in [0.29, 0.717) is 30.4 Å². The first-order valence-corrected chi connectivity index (χ1v) is 12.1. The van der Waals surface area contributed by atoms with Gasteiger partial charge in [-0.3, -0.25) is 13.9 Å². The summed E-state index contributed by atoms with van der Waals surface area (Å²) < 4.78 is 29.9. The van der Waals surface area contributed by atoms with Crippen LogP contribution in [0.3, 0.4) is 0 Å². The number of hydrogen-bond donors (Lipinski definition) is 2. The zero-order chi connectivity index (χ0) is 21.6. The van der Waals surface area contributed by atoms with Crippen molar-refractivity contribution in [3.05, 3.63) is 23.8 Å². The average molecular weight is 425 g/mol. The summed E-state index contributed by atoms with van der Waals surface area (Å²) in [5, 5.41) is 0. The second-order valence-electron chi connectivity index (χ2n) is 9.24. The fourth-order valence-electron chi connectivity index (χ4n) is 4.02. The van der Waals surface area contributed by atoms with Crippen LogP contribution >= 0.6 is 10.8 Å². The monoisotopic (exact) mass is 424 g/mol. The molecular weight excluding hydrogens is 388 g/mol. The Labute approximate surface area is 176 Å². The Bertz CT molecular complexity index is 765. The van der Waals surface area contributed by atoms with Gasteiger partial charge in [-0.25, -0.2) is 0 Å². The van der Waals surface area contributed by atoms with Gasteiger partial charge in [-0.15, -0.1) is 10.8 Å². The number of anilines is 1. The van der Waals surface area contributed by atoms with Gasteiger partial charge in [0.15, 0.2) is 5.60 Å². The molecule has 1 fully saturated rings. The van der Waals surface area contributed by atoms with Crippen LogP contribution in [0.2, 0.25) is 0 Å². The third-order valence-electron chi connectivity index (χ3n) is 6.06. The number of nitrogens with zero attached hydrogens (tertiary/aromatic N) is 2. The first-order chi connectivity index (χ1) is 13.5. The summed E-state index contributed by atoms with van der Waals surface area (Å²) >= 11 is 0. The highest BCUT2D eigenvalue weighted by atomic mass is 32.3. The SMILES string of the molecule is CCCC1(OCC)C(=O)N(CC2CC2)c2ccc(S(O)(O)N(C)C(C)(C)C)cc21. The second kappa shape index (κ2) is 7.85. The van der Waals surface area contributed by atoms with Gasteiger partial charge in [0, 0.05) is 31.3 Å². The lowest BCUT2D eigenvalue weighted by Crippen LogP contribution is -2.43. The van der Waals surface area contributed by atoms with Crippen LogP contribution in [0.5, 0.6) is 0 Å². The second-order valence-corrected chi connectivity index (χ2v) is 11.3. The van der Waals surface area contributed by atoms with Crippen LogP contribution in [0.25, 0.3) is 0 Å². The summed E-state index contributed by atoms with van der Waals surface area (Å²) in [7, 11) is -1.48. The van der Waals surface area contributed by atoms with Crippen molar-refractivity contribution >= 4 is 22.4 Å². The lowest BCUT2D eigenvalue weighted by molar-refractivity contribution is -0.144. The molecule has 6 nitrogen and oxygen atoms in total. The maximum absolute atomic E-state index is 13.6. The molecule has 1 heterocycles. The van der Waals surface area contributed by atoms with E-state index in [1.165, 1.54) is 0 Å². The van der Waals surface area contributed by atoms with Crippen molar-refractivity contribution in [2.75, 3.05) is 25.1 Å². The van der Waals surface area contributed by atoms with Crippen LogP contribution in [0.1, 0.15) is 65.9 Å². The zero-order valence-corrected chi connectivity index (χ0v) is 19.4. The molecule has 1 saturated carbocycles. The molecule has 0 saturated heterocycles. The lowest BCUT2D eigenvalue weighted by atomic mass is 9.90. The predicted octanol–water partition coefficient (Wildman–Crippen LogP) is 5.23. The van der Waals surface area contributed by atoms with Crippen molar-refractivity contribution in [3.63, 3.8) is 0 Å². The van der Waals surface area contributed by atoms with E-state index in [1.807, 2.05) is 45.6 Å². The highest BCUT2D eigenvalue weighted by Gasteiger charge is 2.52. The third-order valence-corrected chi connectivity index (χ3v) is 8.26.